The number of carbonyl (C=O) groups excluding carboxylic acids is 1. The molecule has 0 bridgehead atoms. The molecule has 0 radical (unpaired) electrons. The van der Waals surface area contributed by atoms with Gasteiger partial charge in [0.15, 0.2) is 5.69 Å². The number of hydrogen-bond acceptors (Lipinski definition) is 4. The Morgan fingerprint density at radius 2 is 2.25 bits per heavy atom. The largest absolute Gasteiger partial charge is 0.434 e. The molecule has 0 aromatic carbocycles. The number of thiazole rings is 1. The van der Waals surface area contributed by atoms with Crippen LogP contribution >= 0.6 is 11.3 Å². The molecule has 4 nitrogen and oxygen atoms in total. The average molecular weight is 253 g/mol. The monoisotopic (exact) mass is 253 g/mol. The van der Waals surface area contributed by atoms with Crippen molar-refractivity contribution in [1.82, 2.24) is 15.6 Å². The van der Waals surface area contributed by atoms with Crippen molar-refractivity contribution < 1.29 is 18.0 Å². The zero-order valence-electron chi connectivity index (χ0n) is 8.39. The van der Waals surface area contributed by atoms with Crippen molar-refractivity contribution in [2.75, 3.05) is 13.6 Å². The summed E-state index contributed by atoms with van der Waals surface area (Å²) in [6, 6.07) is 0. The molecule has 90 valence electrons. The van der Waals surface area contributed by atoms with Crippen molar-refractivity contribution in [2.45, 2.75) is 12.7 Å². The zero-order valence-corrected chi connectivity index (χ0v) is 9.21. The van der Waals surface area contributed by atoms with Crippen molar-refractivity contribution >= 4 is 17.2 Å². The molecule has 0 fully saturated rings. The lowest BCUT2D eigenvalue weighted by atomic mass is 10.5. The molecule has 16 heavy (non-hydrogen) atoms. The molecule has 1 aromatic rings. The summed E-state index contributed by atoms with van der Waals surface area (Å²) >= 11 is 0.870. The van der Waals surface area contributed by atoms with Crippen LogP contribution in [0.5, 0.6) is 0 Å². The van der Waals surface area contributed by atoms with Crippen LogP contribution in [0.25, 0.3) is 0 Å². The van der Waals surface area contributed by atoms with Crippen LogP contribution in [0.3, 0.4) is 0 Å². The van der Waals surface area contributed by atoms with E-state index in [9.17, 15) is 18.0 Å². The fraction of sp³-hybridized carbons (Fsp3) is 0.500. The summed E-state index contributed by atoms with van der Waals surface area (Å²) in [4.78, 5) is 14.4. The second kappa shape index (κ2) is 5.26. The first-order valence-electron chi connectivity index (χ1n) is 4.36. The van der Waals surface area contributed by atoms with Crippen molar-refractivity contribution in [2.24, 2.45) is 0 Å². The Morgan fingerprint density at radius 1 is 1.56 bits per heavy atom. The van der Waals surface area contributed by atoms with Crippen molar-refractivity contribution in [1.29, 1.82) is 0 Å². The maximum absolute atomic E-state index is 12.2. The second-order valence-electron chi connectivity index (χ2n) is 2.93. The van der Waals surface area contributed by atoms with Crippen LogP contribution < -0.4 is 10.6 Å². The number of alkyl halides is 3. The van der Waals surface area contributed by atoms with Crippen LogP contribution in [-0.4, -0.2) is 24.5 Å². The number of nitrogens with zero attached hydrogens (tertiary/aromatic N) is 1. The first kappa shape index (κ1) is 12.9. The number of amides is 1. The maximum atomic E-state index is 12.2. The van der Waals surface area contributed by atoms with E-state index in [2.05, 4.69) is 15.6 Å². The van der Waals surface area contributed by atoms with Gasteiger partial charge < -0.3 is 10.6 Å². The van der Waals surface area contributed by atoms with Gasteiger partial charge in [0.2, 0.25) is 5.91 Å². The first-order chi connectivity index (χ1) is 7.43. The molecule has 2 N–H and O–H groups in total. The standard InChI is InChI=1S/C8H10F3N3OS/c1-12-2-6(15)13-3-7-14-5(4-16-7)8(9,10)11/h4,12H,2-3H2,1H3,(H,13,15). The molecule has 1 aromatic heterocycles. The number of rotatable bonds is 4. The summed E-state index contributed by atoms with van der Waals surface area (Å²) in [6.07, 6.45) is -4.43. The molecular formula is C8H10F3N3OS. The summed E-state index contributed by atoms with van der Waals surface area (Å²) in [5.41, 5.74) is -0.921. The summed E-state index contributed by atoms with van der Waals surface area (Å²) in [5, 5.41) is 6.23. The van der Waals surface area contributed by atoms with Crippen LogP contribution in [0.4, 0.5) is 13.2 Å². The predicted octanol–water partition coefficient (Wildman–Crippen LogP) is 0.997. The lowest BCUT2D eigenvalue weighted by molar-refractivity contribution is -0.140. The Balaban J connectivity index is 2.50. The van der Waals surface area contributed by atoms with Gasteiger partial charge in [0.1, 0.15) is 5.01 Å². The van der Waals surface area contributed by atoms with Crippen molar-refractivity contribution in [3.8, 4) is 0 Å². The van der Waals surface area contributed by atoms with E-state index < -0.39 is 11.9 Å². The van der Waals surface area contributed by atoms with E-state index in [0.29, 0.717) is 0 Å². The van der Waals surface area contributed by atoms with E-state index in [1.54, 1.807) is 7.05 Å². The Hall–Kier alpha value is -1.15. The lowest BCUT2D eigenvalue weighted by Gasteiger charge is -2.02. The topological polar surface area (TPSA) is 54.0 Å². The summed E-state index contributed by atoms with van der Waals surface area (Å²) < 4.78 is 36.5. The molecule has 0 saturated heterocycles. The summed E-state index contributed by atoms with van der Waals surface area (Å²) in [5.74, 6) is -0.286. The average Bonchev–Trinajstić information content (AvgIpc) is 2.63. The van der Waals surface area contributed by atoms with Gasteiger partial charge in [-0.15, -0.1) is 11.3 Å². The molecule has 1 rings (SSSR count). The second-order valence-corrected chi connectivity index (χ2v) is 3.87. The number of nitrogens with one attached hydrogen (secondary N) is 2. The number of carbonyl (C=O) groups is 1. The number of hydrogen-bond donors (Lipinski definition) is 2. The van der Waals surface area contributed by atoms with Crippen LogP contribution in [-0.2, 0) is 17.5 Å². The summed E-state index contributed by atoms with van der Waals surface area (Å²) in [6.45, 7) is 0.138. The Bertz CT molecular complexity index is 364. The predicted molar refractivity (Wildman–Crippen MR) is 52.9 cm³/mol. The molecule has 1 heterocycles. The van der Waals surface area contributed by atoms with Gasteiger partial charge in [-0.1, -0.05) is 0 Å². The SMILES string of the molecule is CNCC(=O)NCc1nc(C(F)(F)F)cs1. The minimum atomic E-state index is -4.43. The minimum Gasteiger partial charge on any atom is -0.348 e. The highest BCUT2D eigenvalue weighted by Gasteiger charge is 2.33. The number of aromatic nitrogens is 1. The lowest BCUT2D eigenvalue weighted by Crippen LogP contribution is -2.31. The molecule has 0 aliphatic heterocycles. The smallest absolute Gasteiger partial charge is 0.348 e. The third-order valence-electron chi connectivity index (χ3n) is 1.62. The van der Waals surface area contributed by atoms with Crippen molar-refractivity contribution in [3.63, 3.8) is 0 Å². The highest BCUT2D eigenvalue weighted by molar-refractivity contribution is 7.09. The van der Waals surface area contributed by atoms with E-state index in [4.69, 9.17) is 0 Å². The molecule has 0 aliphatic carbocycles. The van der Waals surface area contributed by atoms with E-state index in [-0.39, 0.29) is 24.0 Å². The Labute approximate surface area is 93.9 Å². The van der Waals surface area contributed by atoms with Gasteiger partial charge in [-0.25, -0.2) is 4.98 Å². The van der Waals surface area contributed by atoms with Gasteiger partial charge in [0, 0.05) is 5.38 Å². The van der Waals surface area contributed by atoms with Crippen LogP contribution in [0.15, 0.2) is 5.38 Å². The molecule has 0 unspecified atom stereocenters. The zero-order chi connectivity index (χ0) is 12.2. The molecule has 1 amide bonds. The minimum absolute atomic E-state index is 0.0151. The van der Waals surface area contributed by atoms with Crippen LogP contribution in [0, 0.1) is 0 Å². The van der Waals surface area contributed by atoms with Gasteiger partial charge in [-0.3, -0.25) is 4.79 Å². The van der Waals surface area contributed by atoms with Crippen LogP contribution in [0.2, 0.25) is 0 Å². The highest BCUT2D eigenvalue weighted by atomic mass is 32.1. The fourth-order valence-corrected chi connectivity index (χ4v) is 1.66. The number of halogens is 3. The van der Waals surface area contributed by atoms with Gasteiger partial charge >= 0.3 is 6.18 Å². The Kier molecular flexibility index (Phi) is 4.25. The third-order valence-corrected chi connectivity index (χ3v) is 2.47. The van der Waals surface area contributed by atoms with Gasteiger partial charge in [-0.2, -0.15) is 13.2 Å². The molecule has 8 heteroatoms. The molecule has 0 aliphatic rings. The van der Waals surface area contributed by atoms with Gasteiger partial charge in [0.25, 0.3) is 0 Å². The van der Waals surface area contributed by atoms with Crippen LogP contribution in [0.1, 0.15) is 10.7 Å². The molecule has 0 spiro atoms. The van der Waals surface area contributed by atoms with E-state index in [1.165, 1.54) is 0 Å². The van der Waals surface area contributed by atoms with Gasteiger partial charge in [-0.05, 0) is 7.05 Å². The molecular weight excluding hydrogens is 243 g/mol. The quantitative estimate of drug-likeness (QED) is 0.841. The Morgan fingerprint density at radius 3 is 2.75 bits per heavy atom. The summed E-state index contributed by atoms with van der Waals surface area (Å²) in [7, 11) is 1.60. The van der Waals surface area contributed by atoms with Gasteiger partial charge in [0.05, 0.1) is 13.1 Å². The highest BCUT2D eigenvalue weighted by Crippen LogP contribution is 2.29. The maximum Gasteiger partial charge on any atom is 0.434 e. The van der Waals surface area contributed by atoms with E-state index in [1.807, 2.05) is 0 Å². The fourth-order valence-electron chi connectivity index (χ4n) is 0.920. The van der Waals surface area contributed by atoms with Crippen molar-refractivity contribution in [3.05, 3.63) is 16.1 Å². The van der Waals surface area contributed by atoms with E-state index >= 15 is 0 Å². The third kappa shape index (κ3) is 3.78. The normalized spacial score (nSPS) is 11.5. The number of likely N-dealkylation sites (N-methyl/N-ethyl adjacent to an activating group) is 1. The molecule has 0 atom stereocenters. The first-order valence-corrected chi connectivity index (χ1v) is 5.24. The van der Waals surface area contributed by atoms with E-state index in [0.717, 1.165) is 16.7 Å². The molecule has 0 saturated carbocycles.